The third-order valence-corrected chi connectivity index (χ3v) is 3.29. The summed E-state index contributed by atoms with van der Waals surface area (Å²) in [5, 5.41) is 13.2. The topological polar surface area (TPSA) is 55.1 Å². The molecule has 1 atom stereocenters. The first-order valence-electron chi connectivity index (χ1n) is 5.31. The number of aromatic nitrogens is 2. The Morgan fingerprint density at radius 3 is 3.07 bits per heavy atom. The van der Waals surface area contributed by atoms with Crippen LogP contribution < -0.4 is 0 Å². The van der Waals surface area contributed by atoms with Gasteiger partial charge in [0.2, 0.25) is 0 Å². The lowest BCUT2D eigenvalue weighted by molar-refractivity contribution is -0.138. The molecule has 4 nitrogen and oxygen atoms in total. The first-order chi connectivity index (χ1) is 7.08. The third-order valence-electron chi connectivity index (χ3n) is 3.29. The number of nitrogens with zero attached hydrogens (tertiary/aromatic N) is 2. The predicted molar refractivity (Wildman–Crippen MR) is 55.7 cm³/mol. The quantitative estimate of drug-likeness (QED) is 0.797. The molecule has 1 unspecified atom stereocenters. The third kappa shape index (κ3) is 1.89. The van der Waals surface area contributed by atoms with Crippen molar-refractivity contribution >= 4 is 5.97 Å². The van der Waals surface area contributed by atoms with Crippen molar-refractivity contribution in [3.63, 3.8) is 0 Å². The van der Waals surface area contributed by atoms with Crippen LogP contribution in [0.15, 0.2) is 0 Å². The summed E-state index contributed by atoms with van der Waals surface area (Å²) in [4.78, 5) is 10.6. The number of hydrogen-bond acceptors (Lipinski definition) is 2. The van der Waals surface area contributed by atoms with Crippen LogP contribution in [0.25, 0.3) is 0 Å². The fourth-order valence-corrected chi connectivity index (χ4v) is 2.35. The maximum atomic E-state index is 10.6. The number of hydrogen-bond donors (Lipinski definition) is 1. The molecular weight excluding hydrogens is 192 g/mol. The molecule has 0 saturated carbocycles. The van der Waals surface area contributed by atoms with E-state index in [1.807, 2.05) is 11.7 Å². The second-order valence-electron chi connectivity index (χ2n) is 4.34. The molecule has 4 heteroatoms. The summed E-state index contributed by atoms with van der Waals surface area (Å²) in [7, 11) is 1.94. The van der Waals surface area contributed by atoms with Crippen LogP contribution in [0.4, 0.5) is 0 Å². The number of fused-ring (bicyclic) bond motifs is 1. The van der Waals surface area contributed by atoms with Crippen LogP contribution in [-0.4, -0.2) is 20.9 Å². The minimum Gasteiger partial charge on any atom is -0.481 e. The van der Waals surface area contributed by atoms with E-state index in [-0.39, 0.29) is 12.3 Å². The van der Waals surface area contributed by atoms with Gasteiger partial charge in [-0.3, -0.25) is 9.48 Å². The van der Waals surface area contributed by atoms with Crippen LogP contribution >= 0.6 is 0 Å². The molecule has 0 fully saturated rings. The number of carboxylic acids is 1. The molecule has 82 valence electrons. The summed E-state index contributed by atoms with van der Waals surface area (Å²) >= 11 is 0. The van der Waals surface area contributed by atoms with Crippen LogP contribution in [0, 0.1) is 12.8 Å². The fraction of sp³-hybridized carbons (Fsp3) is 0.636. The van der Waals surface area contributed by atoms with Gasteiger partial charge in [0, 0.05) is 19.2 Å². The molecule has 2 rings (SSSR count). The lowest BCUT2D eigenvalue weighted by Crippen LogP contribution is -2.17. The Morgan fingerprint density at radius 2 is 2.40 bits per heavy atom. The summed E-state index contributed by atoms with van der Waals surface area (Å²) in [6, 6.07) is 0. The van der Waals surface area contributed by atoms with E-state index in [2.05, 4.69) is 12.0 Å². The zero-order valence-corrected chi connectivity index (χ0v) is 9.16. The molecule has 0 radical (unpaired) electrons. The maximum absolute atomic E-state index is 10.6. The highest BCUT2D eigenvalue weighted by molar-refractivity contribution is 5.67. The van der Waals surface area contributed by atoms with Gasteiger partial charge in [-0.2, -0.15) is 5.10 Å². The van der Waals surface area contributed by atoms with E-state index in [0.717, 1.165) is 25.0 Å². The van der Waals surface area contributed by atoms with Gasteiger partial charge in [0.25, 0.3) is 0 Å². The molecule has 1 aromatic heterocycles. The summed E-state index contributed by atoms with van der Waals surface area (Å²) in [5.41, 5.74) is 3.66. The lowest BCUT2D eigenvalue weighted by atomic mass is 9.85. The van der Waals surface area contributed by atoms with E-state index >= 15 is 0 Å². The first-order valence-corrected chi connectivity index (χ1v) is 5.31. The van der Waals surface area contributed by atoms with Crippen molar-refractivity contribution in [2.24, 2.45) is 13.0 Å². The summed E-state index contributed by atoms with van der Waals surface area (Å²) in [5.74, 6) is -0.430. The lowest BCUT2D eigenvalue weighted by Gasteiger charge is -2.19. The number of rotatable bonds is 2. The van der Waals surface area contributed by atoms with Gasteiger partial charge in [-0.05, 0) is 37.7 Å². The van der Waals surface area contributed by atoms with Crippen LogP contribution in [0.5, 0.6) is 0 Å². The van der Waals surface area contributed by atoms with Gasteiger partial charge in [-0.15, -0.1) is 0 Å². The van der Waals surface area contributed by atoms with Crippen molar-refractivity contribution < 1.29 is 9.90 Å². The average molecular weight is 208 g/mol. The highest BCUT2D eigenvalue weighted by Crippen LogP contribution is 2.28. The molecule has 0 amide bonds. The van der Waals surface area contributed by atoms with Crippen LogP contribution in [0.3, 0.4) is 0 Å². The van der Waals surface area contributed by atoms with Crippen molar-refractivity contribution in [3.8, 4) is 0 Å². The smallest absolute Gasteiger partial charge is 0.303 e. The molecule has 0 bridgehead atoms. The zero-order valence-electron chi connectivity index (χ0n) is 9.16. The van der Waals surface area contributed by atoms with Crippen molar-refractivity contribution in [2.75, 3.05) is 0 Å². The van der Waals surface area contributed by atoms with Gasteiger partial charge in [0.15, 0.2) is 0 Å². The molecule has 0 aliphatic heterocycles. The van der Waals surface area contributed by atoms with E-state index in [0.29, 0.717) is 0 Å². The van der Waals surface area contributed by atoms with Crippen LogP contribution in [0.1, 0.15) is 29.8 Å². The Hall–Kier alpha value is -1.32. The van der Waals surface area contributed by atoms with E-state index in [4.69, 9.17) is 5.11 Å². The van der Waals surface area contributed by atoms with Crippen LogP contribution in [0.2, 0.25) is 0 Å². The molecule has 0 aromatic carbocycles. The molecule has 1 aromatic rings. The normalized spacial score (nSPS) is 20.0. The van der Waals surface area contributed by atoms with E-state index in [9.17, 15) is 4.79 Å². The number of aryl methyl sites for hydroxylation is 1. The van der Waals surface area contributed by atoms with Crippen molar-refractivity contribution in [1.29, 1.82) is 0 Å². The summed E-state index contributed by atoms with van der Waals surface area (Å²) < 4.78 is 1.90. The second kappa shape index (κ2) is 3.68. The van der Waals surface area contributed by atoms with Crippen molar-refractivity contribution in [3.05, 3.63) is 17.0 Å². The molecule has 1 heterocycles. The van der Waals surface area contributed by atoms with Gasteiger partial charge in [0.1, 0.15) is 0 Å². The Bertz CT molecular complexity index is 396. The van der Waals surface area contributed by atoms with Gasteiger partial charge in [0.05, 0.1) is 5.69 Å². The summed E-state index contributed by atoms with van der Waals surface area (Å²) in [6.45, 7) is 2.07. The SMILES string of the molecule is Cc1c2c(nn1C)CC(CC(=O)O)CC2. The molecule has 1 aliphatic rings. The van der Waals surface area contributed by atoms with Gasteiger partial charge in [-0.1, -0.05) is 0 Å². The monoisotopic (exact) mass is 208 g/mol. The molecule has 1 N–H and O–H groups in total. The number of carbonyl (C=O) groups is 1. The van der Waals surface area contributed by atoms with Crippen molar-refractivity contribution in [2.45, 2.75) is 32.6 Å². The Morgan fingerprint density at radius 1 is 1.67 bits per heavy atom. The van der Waals surface area contributed by atoms with Gasteiger partial charge < -0.3 is 5.11 Å². The van der Waals surface area contributed by atoms with Gasteiger partial charge in [-0.25, -0.2) is 0 Å². The number of aliphatic carboxylic acids is 1. The molecule has 15 heavy (non-hydrogen) atoms. The maximum Gasteiger partial charge on any atom is 0.303 e. The minimum absolute atomic E-state index is 0.268. The summed E-state index contributed by atoms with van der Waals surface area (Å²) in [6.07, 6.45) is 3.05. The fourth-order valence-electron chi connectivity index (χ4n) is 2.35. The molecule has 0 spiro atoms. The van der Waals surface area contributed by atoms with E-state index < -0.39 is 5.97 Å². The highest BCUT2D eigenvalue weighted by atomic mass is 16.4. The molecule has 1 aliphatic carbocycles. The average Bonchev–Trinajstić information content (AvgIpc) is 2.41. The molecule has 0 saturated heterocycles. The second-order valence-corrected chi connectivity index (χ2v) is 4.34. The largest absolute Gasteiger partial charge is 0.481 e. The Labute approximate surface area is 88.9 Å². The van der Waals surface area contributed by atoms with E-state index in [1.54, 1.807) is 0 Å². The highest BCUT2D eigenvalue weighted by Gasteiger charge is 2.24. The minimum atomic E-state index is -0.698. The van der Waals surface area contributed by atoms with Crippen molar-refractivity contribution in [1.82, 2.24) is 9.78 Å². The van der Waals surface area contributed by atoms with E-state index in [1.165, 1.54) is 11.3 Å². The standard InChI is InChI=1S/C11H16N2O2/c1-7-9-4-3-8(6-11(14)15)5-10(9)12-13(7)2/h8H,3-6H2,1-2H3,(H,14,15). The van der Waals surface area contributed by atoms with Crippen LogP contribution in [-0.2, 0) is 24.7 Å². The predicted octanol–water partition coefficient (Wildman–Crippen LogP) is 1.31. The zero-order chi connectivity index (χ0) is 11.0. The molecular formula is C11H16N2O2. The first kappa shape index (κ1) is 10.2. The Balaban J connectivity index is 2.16. The number of carboxylic acid groups (broad SMARTS) is 1. The van der Waals surface area contributed by atoms with Gasteiger partial charge >= 0.3 is 5.97 Å². The Kier molecular flexibility index (Phi) is 2.50.